The van der Waals surface area contributed by atoms with Crippen molar-refractivity contribution >= 4 is 50.8 Å². The number of nitrogens with zero attached hydrogens (tertiary/aromatic N) is 3. The molecule has 0 spiro atoms. The van der Waals surface area contributed by atoms with E-state index in [2.05, 4.69) is 22.1 Å². The number of halogens is 1. The summed E-state index contributed by atoms with van der Waals surface area (Å²) in [5, 5.41) is 20.8. The zero-order chi connectivity index (χ0) is 21.9. The van der Waals surface area contributed by atoms with Crippen LogP contribution in [-0.4, -0.2) is 57.4 Å². The lowest BCUT2D eigenvalue weighted by atomic mass is 10.1. The largest absolute Gasteiger partial charge is 0.478 e. The van der Waals surface area contributed by atoms with Crippen molar-refractivity contribution in [3.63, 3.8) is 0 Å². The van der Waals surface area contributed by atoms with E-state index in [1.807, 2.05) is 0 Å². The van der Waals surface area contributed by atoms with Crippen molar-refractivity contribution in [2.45, 2.75) is 24.0 Å². The number of allylic oxidation sites excluding steroid dienone is 1. The highest BCUT2D eigenvalue weighted by atomic mass is 35.5. The molecule has 1 aromatic heterocycles. The average molecular weight is 471 g/mol. The molecule has 0 aliphatic carbocycles. The fraction of sp³-hybridized carbons (Fsp3) is 0.333. The zero-order valence-electron chi connectivity index (χ0n) is 15.7. The van der Waals surface area contributed by atoms with E-state index in [1.54, 1.807) is 10.6 Å². The van der Waals surface area contributed by atoms with Crippen molar-refractivity contribution < 1.29 is 23.1 Å². The first-order chi connectivity index (χ1) is 14.2. The SMILES string of the molecule is C=CCn1c(SCC(=O)Nc2cc(Cl)ccc2C(=O)O)nnc1C1CCS(=O)(=O)C1. The molecule has 1 aromatic carbocycles. The second-order valence-corrected chi connectivity index (χ2v) is 10.3. The fourth-order valence-electron chi connectivity index (χ4n) is 3.13. The summed E-state index contributed by atoms with van der Waals surface area (Å²) in [6.45, 7) is 4.08. The molecule has 2 aromatic rings. The van der Waals surface area contributed by atoms with Crippen LogP contribution >= 0.6 is 23.4 Å². The number of rotatable bonds is 8. The van der Waals surface area contributed by atoms with Gasteiger partial charge in [0.05, 0.1) is 28.5 Å². The zero-order valence-corrected chi connectivity index (χ0v) is 18.1. The molecule has 3 rings (SSSR count). The molecule has 2 heterocycles. The maximum Gasteiger partial charge on any atom is 0.337 e. The molecule has 2 N–H and O–H groups in total. The molecule has 1 fully saturated rings. The number of thioether (sulfide) groups is 1. The quantitative estimate of drug-likeness (QED) is 0.444. The number of sulfone groups is 1. The van der Waals surface area contributed by atoms with E-state index in [0.717, 1.165) is 11.8 Å². The van der Waals surface area contributed by atoms with E-state index in [0.29, 0.717) is 29.0 Å². The number of carboxylic acids is 1. The van der Waals surface area contributed by atoms with E-state index in [1.165, 1.54) is 18.2 Å². The first-order valence-corrected chi connectivity index (χ1v) is 12.1. The third kappa shape index (κ3) is 5.21. The number of benzene rings is 1. The Morgan fingerprint density at radius 2 is 2.17 bits per heavy atom. The van der Waals surface area contributed by atoms with Crippen molar-refractivity contribution in [2.24, 2.45) is 0 Å². The molecule has 1 amide bonds. The van der Waals surface area contributed by atoms with E-state index in [-0.39, 0.29) is 34.4 Å². The minimum Gasteiger partial charge on any atom is -0.478 e. The number of carboxylic acid groups (broad SMARTS) is 1. The van der Waals surface area contributed by atoms with Gasteiger partial charge in [0.25, 0.3) is 0 Å². The number of nitrogens with one attached hydrogen (secondary N) is 1. The van der Waals surface area contributed by atoms with Crippen LogP contribution in [0.1, 0.15) is 28.5 Å². The first-order valence-electron chi connectivity index (χ1n) is 8.90. The minimum atomic E-state index is -3.08. The smallest absolute Gasteiger partial charge is 0.337 e. The lowest BCUT2D eigenvalue weighted by Gasteiger charge is -2.11. The van der Waals surface area contributed by atoms with Crippen molar-refractivity contribution in [3.8, 4) is 0 Å². The Morgan fingerprint density at radius 3 is 2.80 bits per heavy atom. The van der Waals surface area contributed by atoms with Crippen molar-refractivity contribution in [3.05, 3.63) is 47.3 Å². The number of carbonyl (C=O) groups excluding carboxylic acids is 1. The molecule has 0 radical (unpaired) electrons. The van der Waals surface area contributed by atoms with Crippen molar-refractivity contribution in [1.29, 1.82) is 0 Å². The van der Waals surface area contributed by atoms with Gasteiger partial charge in [0.15, 0.2) is 15.0 Å². The molecular formula is C18H19ClN4O5S2. The summed E-state index contributed by atoms with van der Waals surface area (Å²) in [5.41, 5.74) is 0.0299. The van der Waals surface area contributed by atoms with Crippen LogP contribution in [0.3, 0.4) is 0 Å². The Kier molecular flexibility index (Phi) is 6.84. The number of aromatic carboxylic acids is 1. The Labute approximate surface area is 182 Å². The predicted molar refractivity (Wildman–Crippen MR) is 114 cm³/mol. The summed E-state index contributed by atoms with van der Waals surface area (Å²) in [4.78, 5) is 23.7. The molecule has 9 nitrogen and oxygen atoms in total. The second-order valence-electron chi connectivity index (χ2n) is 6.67. The normalized spacial score (nSPS) is 17.6. The second kappa shape index (κ2) is 9.19. The van der Waals surface area contributed by atoms with Crippen LogP contribution in [0.2, 0.25) is 5.02 Å². The molecule has 0 bridgehead atoms. The van der Waals surface area contributed by atoms with Gasteiger partial charge in [0, 0.05) is 17.5 Å². The van der Waals surface area contributed by atoms with E-state index < -0.39 is 21.7 Å². The van der Waals surface area contributed by atoms with E-state index >= 15 is 0 Å². The van der Waals surface area contributed by atoms with Gasteiger partial charge in [-0.25, -0.2) is 13.2 Å². The summed E-state index contributed by atoms with van der Waals surface area (Å²) in [6, 6.07) is 4.11. The molecule has 1 unspecified atom stereocenters. The van der Waals surface area contributed by atoms with Gasteiger partial charge in [-0.15, -0.1) is 16.8 Å². The van der Waals surface area contributed by atoms with Crippen molar-refractivity contribution in [1.82, 2.24) is 14.8 Å². The number of anilines is 1. The molecule has 1 aliphatic heterocycles. The van der Waals surface area contributed by atoms with Gasteiger partial charge >= 0.3 is 5.97 Å². The Balaban J connectivity index is 1.72. The molecule has 160 valence electrons. The lowest BCUT2D eigenvalue weighted by Crippen LogP contribution is -2.17. The maximum absolute atomic E-state index is 12.4. The Bertz CT molecular complexity index is 1100. The van der Waals surface area contributed by atoms with Crippen LogP contribution in [-0.2, 0) is 21.2 Å². The van der Waals surface area contributed by atoms with Gasteiger partial charge in [-0.1, -0.05) is 29.4 Å². The van der Waals surface area contributed by atoms with Gasteiger partial charge in [-0.2, -0.15) is 0 Å². The number of carbonyl (C=O) groups is 2. The monoisotopic (exact) mass is 470 g/mol. The number of amides is 1. The third-order valence-electron chi connectivity index (χ3n) is 4.47. The van der Waals surface area contributed by atoms with Gasteiger partial charge in [-0.05, 0) is 24.6 Å². The van der Waals surface area contributed by atoms with Crippen LogP contribution < -0.4 is 5.32 Å². The van der Waals surface area contributed by atoms with Crippen LogP contribution in [0.5, 0.6) is 0 Å². The molecule has 0 saturated carbocycles. The molecule has 12 heteroatoms. The summed E-state index contributed by atoms with van der Waals surface area (Å²) >= 11 is 7.01. The van der Waals surface area contributed by atoms with Crippen LogP contribution in [0, 0.1) is 0 Å². The summed E-state index contributed by atoms with van der Waals surface area (Å²) in [7, 11) is -3.08. The molecular weight excluding hydrogens is 452 g/mol. The minimum absolute atomic E-state index is 0.0279. The van der Waals surface area contributed by atoms with Gasteiger partial charge in [-0.3, -0.25) is 4.79 Å². The van der Waals surface area contributed by atoms with Gasteiger partial charge in [0.1, 0.15) is 5.82 Å². The summed E-state index contributed by atoms with van der Waals surface area (Å²) in [6.07, 6.45) is 2.13. The highest BCUT2D eigenvalue weighted by molar-refractivity contribution is 7.99. The van der Waals surface area contributed by atoms with E-state index in [4.69, 9.17) is 11.6 Å². The van der Waals surface area contributed by atoms with Gasteiger partial charge in [0.2, 0.25) is 5.91 Å². The highest BCUT2D eigenvalue weighted by Crippen LogP contribution is 2.30. The highest BCUT2D eigenvalue weighted by Gasteiger charge is 2.33. The maximum atomic E-state index is 12.4. The molecule has 30 heavy (non-hydrogen) atoms. The number of aromatic nitrogens is 3. The first kappa shape index (κ1) is 22.3. The third-order valence-corrected chi connectivity index (χ3v) is 7.44. The fourth-order valence-corrected chi connectivity index (χ4v) is 5.80. The van der Waals surface area contributed by atoms with Crippen LogP contribution in [0.15, 0.2) is 36.0 Å². The van der Waals surface area contributed by atoms with Crippen LogP contribution in [0.25, 0.3) is 0 Å². The summed E-state index contributed by atoms with van der Waals surface area (Å²) in [5.74, 6) is -1.21. The standard InChI is InChI=1S/C18H19ClN4O5S2/c1-2-6-23-16(11-5-7-30(27,28)10-11)21-22-18(23)29-9-15(24)20-14-8-12(19)3-4-13(14)17(25)26/h2-4,8,11H,1,5-7,9-10H2,(H,20,24)(H,25,26). The molecule has 1 aliphatic rings. The topological polar surface area (TPSA) is 131 Å². The van der Waals surface area contributed by atoms with Gasteiger partial charge < -0.3 is 15.0 Å². The predicted octanol–water partition coefficient (Wildman–Crippen LogP) is 2.45. The Hall–Kier alpha value is -2.37. The van der Waals surface area contributed by atoms with E-state index in [9.17, 15) is 23.1 Å². The van der Waals surface area contributed by atoms with Crippen LogP contribution in [0.4, 0.5) is 5.69 Å². The average Bonchev–Trinajstić information content (AvgIpc) is 3.22. The Morgan fingerprint density at radius 1 is 1.40 bits per heavy atom. The van der Waals surface area contributed by atoms with Crippen molar-refractivity contribution in [2.75, 3.05) is 22.6 Å². The number of hydrogen-bond acceptors (Lipinski definition) is 7. The number of hydrogen-bond donors (Lipinski definition) is 2. The molecule has 1 atom stereocenters. The molecule has 1 saturated heterocycles. The lowest BCUT2D eigenvalue weighted by molar-refractivity contribution is -0.113. The summed E-state index contributed by atoms with van der Waals surface area (Å²) < 4.78 is 25.3.